The van der Waals surface area contributed by atoms with Crippen LogP contribution in [0.1, 0.15) is 30.9 Å². The molecular weight excluding hydrogens is 221 g/mol. The molecule has 2 aliphatic rings. The second-order valence-electron chi connectivity index (χ2n) is 4.74. The van der Waals surface area contributed by atoms with Gasteiger partial charge < -0.3 is 0 Å². The zero-order valence-corrected chi connectivity index (χ0v) is 10.2. The van der Waals surface area contributed by atoms with Crippen molar-refractivity contribution in [2.75, 3.05) is 6.54 Å². The van der Waals surface area contributed by atoms with Gasteiger partial charge in [-0.2, -0.15) is 0 Å². The monoisotopic (exact) mass is 237 g/mol. The number of benzene rings is 1. The summed E-state index contributed by atoms with van der Waals surface area (Å²) in [6, 6.07) is 5.50. The predicted octanol–water partition coefficient (Wildman–Crippen LogP) is 3.04. The van der Waals surface area contributed by atoms with Crippen molar-refractivity contribution >= 4 is 11.8 Å². The Balaban J connectivity index is 2.04. The second kappa shape index (κ2) is 3.74. The molecule has 1 N–H and O–H groups in total. The van der Waals surface area contributed by atoms with Gasteiger partial charge in [-0.3, -0.25) is 5.32 Å². The molecule has 1 aromatic carbocycles. The lowest BCUT2D eigenvalue weighted by Gasteiger charge is -2.38. The molecule has 16 heavy (non-hydrogen) atoms. The predicted molar refractivity (Wildman–Crippen MR) is 66.1 cm³/mol. The van der Waals surface area contributed by atoms with Gasteiger partial charge in [-0.15, -0.1) is 11.8 Å². The molecule has 3 heteroatoms. The first-order valence-corrected chi connectivity index (χ1v) is 6.80. The highest BCUT2D eigenvalue weighted by molar-refractivity contribution is 8.00. The highest BCUT2D eigenvalue weighted by atomic mass is 32.2. The van der Waals surface area contributed by atoms with E-state index in [1.165, 1.54) is 12.0 Å². The summed E-state index contributed by atoms with van der Waals surface area (Å²) in [5.74, 6) is -0.0324. The van der Waals surface area contributed by atoms with Crippen molar-refractivity contribution in [3.8, 4) is 0 Å². The SMILES string of the molecule is CC1CCNC2(CCc3c(F)cccc32)S1. The first-order chi connectivity index (χ1) is 7.71. The van der Waals surface area contributed by atoms with Gasteiger partial charge in [0.05, 0.1) is 4.87 Å². The van der Waals surface area contributed by atoms with E-state index in [0.29, 0.717) is 5.25 Å². The third-order valence-electron chi connectivity index (χ3n) is 3.64. The average molecular weight is 237 g/mol. The summed E-state index contributed by atoms with van der Waals surface area (Å²) >= 11 is 1.97. The zero-order chi connectivity index (χ0) is 11.2. The van der Waals surface area contributed by atoms with Crippen molar-refractivity contribution in [1.82, 2.24) is 5.32 Å². The van der Waals surface area contributed by atoms with Crippen LogP contribution in [0.5, 0.6) is 0 Å². The van der Waals surface area contributed by atoms with E-state index in [4.69, 9.17) is 0 Å². The van der Waals surface area contributed by atoms with Crippen molar-refractivity contribution in [3.05, 3.63) is 35.1 Å². The van der Waals surface area contributed by atoms with Crippen LogP contribution in [-0.4, -0.2) is 11.8 Å². The molecule has 0 radical (unpaired) electrons. The second-order valence-corrected chi connectivity index (χ2v) is 6.47. The summed E-state index contributed by atoms with van der Waals surface area (Å²) in [6.45, 7) is 3.31. The van der Waals surface area contributed by atoms with Gasteiger partial charge in [0, 0.05) is 5.25 Å². The Bertz CT molecular complexity index is 420. The van der Waals surface area contributed by atoms with E-state index in [1.807, 2.05) is 17.8 Å². The molecule has 1 heterocycles. The normalized spacial score (nSPS) is 33.0. The molecule has 1 nitrogen and oxygen atoms in total. The zero-order valence-electron chi connectivity index (χ0n) is 9.42. The van der Waals surface area contributed by atoms with Crippen molar-refractivity contribution < 1.29 is 4.39 Å². The number of fused-ring (bicyclic) bond motifs is 2. The smallest absolute Gasteiger partial charge is 0.126 e. The number of halogens is 1. The molecule has 2 atom stereocenters. The van der Waals surface area contributed by atoms with Crippen molar-refractivity contribution in [3.63, 3.8) is 0 Å². The summed E-state index contributed by atoms with van der Waals surface area (Å²) in [5, 5.41) is 4.27. The van der Waals surface area contributed by atoms with E-state index in [9.17, 15) is 4.39 Å². The lowest BCUT2D eigenvalue weighted by atomic mass is 10.1. The van der Waals surface area contributed by atoms with E-state index in [0.717, 1.165) is 24.9 Å². The molecule has 1 saturated heterocycles. The van der Waals surface area contributed by atoms with Gasteiger partial charge in [0.15, 0.2) is 0 Å². The number of nitrogens with one attached hydrogen (secondary N) is 1. The quantitative estimate of drug-likeness (QED) is 0.744. The largest absolute Gasteiger partial charge is 0.299 e. The lowest BCUT2D eigenvalue weighted by molar-refractivity contribution is 0.450. The minimum Gasteiger partial charge on any atom is -0.299 e. The Morgan fingerprint density at radius 3 is 3.19 bits per heavy atom. The van der Waals surface area contributed by atoms with Crippen LogP contribution in [0.25, 0.3) is 0 Å². The summed E-state index contributed by atoms with van der Waals surface area (Å²) in [5.41, 5.74) is 2.11. The molecule has 0 aromatic heterocycles. The fraction of sp³-hybridized carbons (Fsp3) is 0.538. The first-order valence-electron chi connectivity index (χ1n) is 5.92. The van der Waals surface area contributed by atoms with E-state index >= 15 is 0 Å². The minimum absolute atomic E-state index is 0.00486. The Labute approximate surface area is 99.8 Å². The Kier molecular flexibility index (Phi) is 2.48. The third kappa shape index (κ3) is 1.49. The van der Waals surface area contributed by atoms with Crippen LogP contribution < -0.4 is 5.32 Å². The summed E-state index contributed by atoms with van der Waals surface area (Å²) in [4.78, 5) is -0.00486. The standard InChI is InChI=1S/C13H16FNS/c1-9-6-8-15-13(16-9)7-5-10-11(13)3-2-4-12(10)14/h2-4,9,15H,5-8H2,1H3. The third-order valence-corrected chi connectivity index (χ3v) is 5.25. The fourth-order valence-corrected chi connectivity index (χ4v) is 4.50. The van der Waals surface area contributed by atoms with Crippen LogP contribution in [0.2, 0.25) is 0 Å². The molecule has 0 saturated carbocycles. The maximum atomic E-state index is 13.7. The molecular formula is C13H16FNS. The van der Waals surface area contributed by atoms with E-state index in [-0.39, 0.29) is 10.7 Å². The van der Waals surface area contributed by atoms with Gasteiger partial charge in [-0.25, -0.2) is 4.39 Å². The fourth-order valence-electron chi connectivity index (χ4n) is 2.85. The molecule has 1 aliphatic carbocycles. The highest BCUT2D eigenvalue weighted by Gasteiger charge is 2.42. The van der Waals surface area contributed by atoms with Crippen molar-refractivity contribution in [2.24, 2.45) is 0 Å². The molecule has 0 bridgehead atoms. The molecule has 1 spiro atoms. The van der Waals surface area contributed by atoms with Crippen molar-refractivity contribution in [1.29, 1.82) is 0 Å². The summed E-state index contributed by atoms with van der Waals surface area (Å²) in [6.07, 6.45) is 3.10. The maximum absolute atomic E-state index is 13.7. The number of thioether (sulfide) groups is 1. The average Bonchev–Trinajstić information content (AvgIpc) is 2.59. The number of hydrogen-bond acceptors (Lipinski definition) is 2. The Hall–Kier alpha value is -0.540. The van der Waals surface area contributed by atoms with Crippen LogP contribution in [0.3, 0.4) is 0 Å². The first kappa shape index (κ1) is 10.6. The van der Waals surface area contributed by atoms with Crippen LogP contribution in [0.15, 0.2) is 18.2 Å². The molecule has 1 aromatic rings. The van der Waals surface area contributed by atoms with Crippen LogP contribution >= 0.6 is 11.8 Å². The molecule has 2 unspecified atom stereocenters. The molecule has 3 rings (SSSR count). The lowest BCUT2D eigenvalue weighted by Crippen LogP contribution is -2.43. The molecule has 86 valence electrons. The van der Waals surface area contributed by atoms with Gasteiger partial charge in [0.25, 0.3) is 0 Å². The topological polar surface area (TPSA) is 12.0 Å². The summed E-state index contributed by atoms with van der Waals surface area (Å²) < 4.78 is 13.7. The Morgan fingerprint density at radius 1 is 1.50 bits per heavy atom. The Morgan fingerprint density at radius 2 is 2.38 bits per heavy atom. The van der Waals surface area contributed by atoms with Gasteiger partial charge >= 0.3 is 0 Å². The van der Waals surface area contributed by atoms with Crippen molar-refractivity contribution in [2.45, 2.75) is 36.3 Å². The molecule has 0 amide bonds. The van der Waals surface area contributed by atoms with Crippen LogP contribution in [-0.2, 0) is 11.3 Å². The minimum atomic E-state index is -0.0324. The van der Waals surface area contributed by atoms with E-state index in [1.54, 1.807) is 6.07 Å². The van der Waals surface area contributed by atoms with E-state index < -0.39 is 0 Å². The van der Waals surface area contributed by atoms with Gasteiger partial charge in [0.2, 0.25) is 0 Å². The highest BCUT2D eigenvalue weighted by Crippen LogP contribution is 2.49. The van der Waals surface area contributed by atoms with Gasteiger partial charge in [-0.1, -0.05) is 19.1 Å². The van der Waals surface area contributed by atoms with E-state index in [2.05, 4.69) is 18.3 Å². The van der Waals surface area contributed by atoms with Crippen LogP contribution in [0.4, 0.5) is 4.39 Å². The number of rotatable bonds is 0. The maximum Gasteiger partial charge on any atom is 0.126 e. The molecule has 1 aliphatic heterocycles. The van der Waals surface area contributed by atoms with Gasteiger partial charge in [0.1, 0.15) is 5.82 Å². The molecule has 1 fully saturated rings. The number of hydrogen-bond donors (Lipinski definition) is 1. The summed E-state index contributed by atoms with van der Waals surface area (Å²) in [7, 11) is 0. The van der Waals surface area contributed by atoms with Gasteiger partial charge in [-0.05, 0) is 43.0 Å². The van der Waals surface area contributed by atoms with Crippen LogP contribution in [0, 0.1) is 5.82 Å².